The number of aromatic nitrogens is 4. The highest BCUT2D eigenvalue weighted by molar-refractivity contribution is 6.04. The van der Waals surface area contributed by atoms with Crippen molar-refractivity contribution in [1.29, 1.82) is 0 Å². The summed E-state index contributed by atoms with van der Waals surface area (Å²) in [5, 5.41) is 16.9. The maximum Gasteiger partial charge on any atom is 0.416 e. The summed E-state index contributed by atoms with van der Waals surface area (Å²) in [6.45, 7) is 4.05. The van der Waals surface area contributed by atoms with E-state index >= 15 is 0 Å². The van der Waals surface area contributed by atoms with E-state index in [-0.39, 0.29) is 29.6 Å². The second-order valence-electron chi connectivity index (χ2n) is 8.59. The fourth-order valence-electron chi connectivity index (χ4n) is 3.60. The third-order valence-corrected chi connectivity index (χ3v) is 5.62. The van der Waals surface area contributed by atoms with Gasteiger partial charge in [-0.05, 0) is 54.7 Å². The van der Waals surface area contributed by atoms with Crippen LogP contribution in [0.3, 0.4) is 0 Å². The number of aliphatic hydroxyl groups excluding tert-OH is 1. The Labute approximate surface area is 210 Å². The Balaban J connectivity index is 1.65. The molecule has 0 saturated heterocycles. The van der Waals surface area contributed by atoms with Gasteiger partial charge in [0.1, 0.15) is 17.8 Å². The number of aliphatic hydroxyl groups is 1. The molecule has 4 aromatic rings. The molecule has 1 atom stereocenters. The first-order chi connectivity index (χ1) is 17.6. The number of carbonyl (C=O) groups is 1. The van der Waals surface area contributed by atoms with E-state index in [4.69, 9.17) is 5.73 Å². The van der Waals surface area contributed by atoms with Crippen LogP contribution >= 0.6 is 0 Å². The van der Waals surface area contributed by atoms with Gasteiger partial charge in [0.15, 0.2) is 5.65 Å². The van der Waals surface area contributed by atoms with Gasteiger partial charge in [-0.3, -0.25) is 4.79 Å². The lowest BCUT2D eigenvalue weighted by molar-refractivity contribution is -0.137. The molecule has 0 radical (unpaired) electrons. The molecule has 0 spiro atoms. The maximum atomic E-state index is 13.0. The summed E-state index contributed by atoms with van der Waals surface area (Å²) >= 11 is 0. The molecule has 190 valence electrons. The van der Waals surface area contributed by atoms with E-state index < -0.39 is 17.6 Å². The molecule has 0 saturated carbocycles. The smallest absolute Gasteiger partial charge is 0.396 e. The summed E-state index contributed by atoms with van der Waals surface area (Å²) in [5.41, 5.74) is 7.60. The topological polar surface area (TPSA) is 119 Å². The molecular formula is C26H23F3N6O2. The number of fused-ring (bicyclic) bond motifs is 1. The van der Waals surface area contributed by atoms with Crippen LogP contribution in [0.2, 0.25) is 0 Å². The lowest BCUT2D eigenvalue weighted by Gasteiger charge is -2.10. The minimum Gasteiger partial charge on any atom is -0.396 e. The Morgan fingerprint density at radius 2 is 1.97 bits per heavy atom. The molecule has 4 N–H and O–H groups in total. The summed E-state index contributed by atoms with van der Waals surface area (Å²) in [6, 6.07) is 9.23. The number of aryl methyl sites for hydroxylation is 1. The number of nitrogens with one attached hydrogen (secondary N) is 1. The van der Waals surface area contributed by atoms with Crippen molar-refractivity contribution < 1.29 is 23.1 Å². The Bertz CT molecular complexity index is 1540. The number of nitrogen functional groups attached to an aromatic ring is 1. The number of rotatable bonds is 5. The van der Waals surface area contributed by atoms with E-state index in [1.807, 2.05) is 13.8 Å². The van der Waals surface area contributed by atoms with Crippen LogP contribution in [0.5, 0.6) is 0 Å². The molecule has 8 nitrogen and oxygen atoms in total. The molecule has 0 bridgehead atoms. The largest absolute Gasteiger partial charge is 0.416 e. The van der Waals surface area contributed by atoms with Crippen LogP contribution < -0.4 is 11.1 Å². The molecule has 0 aliphatic rings. The number of hydrogen-bond donors (Lipinski definition) is 3. The van der Waals surface area contributed by atoms with Gasteiger partial charge in [-0.2, -0.15) is 18.3 Å². The van der Waals surface area contributed by atoms with Crippen LogP contribution in [0.1, 0.15) is 39.7 Å². The molecule has 4 rings (SSSR count). The number of amides is 1. The molecule has 37 heavy (non-hydrogen) atoms. The average molecular weight is 509 g/mol. The normalized spacial score (nSPS) is 12.2. The molecule has 1 amide bonds. The lowest BCUT2D eigenvalue weighted by atomic mass is 10.0. The quantitative estimate of drug-likeness (QED) is 0.351. The Morgan fingerprint density at radius 1 is 1.19 bits per heavy atom. The summed E-state index contributed by atoms with van der Waals surface area (Å²) in [6.07, 6.45) is -3.19. The maximum absolute atomic E-state index is 13.0. The van der Waals surface area contributed by atoms with Gasteiger partial charge in [0, 0.05) is 30.0 Å². The van der Waals surface area contributed by atoms with Crippen molar-refractivity contribution in [2.45, 2.75) is 26.6 Å². The zero-order valence-electron chi connectivity index (χ0n) is 20.0. The van der Waals surface area contributed by atoms with Crippen molar-refractivity contribution in [3.05, 3.63) is 76.7 Å². The molecule has 0 unspecified atom stereocenters. The standard InChI is InChI=1S/C26H23F3N6O2/c1-15(13-36)12-35-24-22(23(30)31-14-32-24)21(34-35)9-8-17-10-18(7-6-16(17)2)25(37)33-20-5-3-4-19(11-20)26(27,28)29/h3-7,10-11,14-15,36H,12-13H2,1-2H3,(H,33,37)(H2,30,31,32)/t15-/m1/s1. The molecule has 0 fully saturated rings. The van der Waals surface area contributed by atoms with Crippen molar-refractivity contribution >= 4 is 28.4 Å². The molecule has 2 aromatic carbocycles. The number of anilines is 2. The monoisotopic (exact) mass is 508 g/mol. The molecule has 2 heterocycles. The molecule has 11 heteroatoms. The van der Waals surface area contributed by atoms with Crippen LogP contribution in [0, 0.1) is 24.7 Å². The Morgan fingerprint density at radius 3 is 2.70 bits per heavy atom. The molecular weight excluding hydrogens is 485 g/mol. The van der Waals surface area contributed by atoms with Crippen molar-refractivity contribution in [2.24, 2.45) is 5.92 Å². The number of carbonyl (C=O) groups excluding carboxylic acids is 1. The van der Waals surface area contributed by atoms with E-state index in [2.05, 4.69) is 32.2 Å². The summed E-state index contributed by atoms with van der Waals surface area (Å²) in [5.74, 6) is 5.54. The van der Waals surface area contributed by atoms with Crippen LogP contribution in [0.25, 0.3) is 11.0 Å². The fourth-order valence-corrected chi connectivity index (χ4v) is 3.60. The predicted octanol–water partition coefficient (Wildman–Crippen LogP) is 4.02. The van der Waals surface area contributed by atoms with E-state index in [0.717, 1.165) is 17.7 Å². The zero-order chi connectivity index (χ0) is 26.7. The highest BCUT2D eigenvalue weighted by Crippen LogP contribution is 2.30. The second kappa shape index (κ2) is 10.3. The molecule has 0 aliphatic heterocycles. The van der Waals surface area contributed by atoms with Crippen LogP contribution in [0.4, 0.5) is 24.7 Å². The average Bonchev–Trinajstić information content (AvgIpc) is 3.21. The highest BCUT2D eigenvalue weighted by Gasteiger charge is 2.30. The minimum atomic E-state index is -4.52. The number of alkyl halides is 3. The van der Waals surface area contributed by atoms with Crippen LogP contribution in [0.15, 0.2) is 48.8 Å². The van der Waals surface area contributed by atoms with Gasteiger partial charge in [0.2, 0.25) is 0 Å². The van der Waals surface area contributed by atoms with Gasteiger partial charge in [0.25, 0.3) is 5.91 Å². The van der Waals surface area contributed by atoms with E-state index in [0.29, 0.717) is 28.8 Å². The zero-order valence-corrected chi connectivity index (χ0v) is 20.0. The molecule has 0 aliphatic carbocycles. The minimum absolute atomic E-state index is 0.0256. The summed E-state index contributed by atoms with van der Waals surface area (Å²) in [4.78, 5) is 21.0. The fraction of sp³-hybridized carbons (Fsp3) is 0.231. The van der Waals surface area contributed by atoms with Crippen molar-refractivity contribution in [3.8, 4) is 11.8 Å². The lowest BCUT2D eigenvalue weighted by Crippen LogP contribution is -2.13. The second-order valence-corrected chi connectivity index (χ2v) is 8.59. The van der Waals surface area contributed by atoms with Crippen molar-refractivity contribution in [1.82, 2.24) is 19.7 Å². The third-order valence-electron chi connectivity index (χ3n) is 5.62. The summed E-state index contributed by atoms with van der Waals surface area (Å²) < 4.78 is 40.6. The van der Waals surface area contributed by atoms with E-state index in [1.54, 1.807) is 22.9 Å². The van der Waals surface area contributed by atoms with Crippen LogP contribution in [-0.2, 0) is 12.7 Å². The van der Waals surface area contributed by atoms with Gasteiger partial charge < -0.3 is 16.2 Å². The van der Waals surface area contributed by atoms with Crippen LogP contribution in [-0.4, -0.2) is 37.4 Å². The number of hydrogen-bond acceptors (Lipinski definition) is 6. The van der Waals surface area contributed by atoms with Gasteiger partial charge in [-0.1, -0.05) is 25.0 Å². The highest BCUT2D eigenvalue weighted by atomic mass is 19.4. The van der Waals surface area contributed by atoms with Gasteiger partial charge in [-0.25, -0.2) is 14.6 Å². The number of halogens is 3. The number of nitrogens with zero attached hydrogens (tertiary/aromatic N) is 4. The van der Waals surface area contributed by atoms with Gasteiger partial charge in [-0.15, -0.1) is 0 Å². The Kier molecular flexibility index (Phi) is 7.13. The first kappa shape index (κ1) is 25.7. The van der Waals surface area contributed by atoms with Crippen molar-refractivity contribution in [2.75, 3.05) is 17.7 Å². The number of nitrogens with two attached hydrogens (primary N) is 1. The first-order valence-corrected chi connectivity index (χ1v) is 11.3. The Hall–Kier alpha value is -4.43. The number of benzene rings is 2. The predicted molar refractivity (Wildman–Crippen MR) is 133 cm³/mol. The van der Waals surface area contributed by atoms with Crippen molar-refractivity contribution in [3.63, 3.8) is 0 Å². The van der Waals surface area contributed by atoms with E-state index in [1.165, 1.54) is 18.5 Å². The molecule has 2 aromatic heterocycles. The summed E-state index contributed by atoms with van der Waals surface area (Å²) in [7, 11) is 0. The third kappa shape index (κ3) is 5.70. The van der Waals surface area contributed by atoms with E-state index in [9.17, 15) is 23.1 Å². The SMILES string of the molecule is Cc1ccc(C(=O)Nc2cccc(C(F)(F)F)c2)cc1C#Cc1nn(C[C@@H](C)CO)c2ncnc(N)c12. The first-order valence-electron chi connectivity index (χ1n) is 11.3. The van der Waals surface area contributed by atoms with Gasteiger partial charge in [0.05, 0.1) is 10.9 Å². The van der Waals surface area contributed by atoms with Gasteiger partial charge >= 0.3 is 6.18 Å².